The minimum Gasteiger partial charge on any atom is -0.424 e. The van der Waals surface area contributed by atoms with Crippen LogP contribution in [0.5, 0.6) is 0 Å². The predicted octanol–water partition coefficient (Wildman–Crippen LogP) is 2.41. The smallest absolute Gasteiger partial charge is 0.295 e. The zero-order chi connectivity index (χ0) is 10.8. The van der Waals surface area contributed by atoms with Gasteiger partial charge in [0.25, 0.3) is 6.01 Å². The second-order valence-corrected chi connectivity index (χ2v) is 4.16. The number of nitrogens with one attached hydrogen (secondary N) is 2. The van der Waals surface area contributed by atoms with Gasteiger partial charge in [0.15, 0.2) is 5.58 Å². The van der Waals surface area contributed by atoms with Gasteiger partial charge in [-0.05, 0) is 31.5 Å². The summed E-state index contributed by atoms with van der Waals surface area (Å²) < 4.78 is 5.58. The molecule has 92 valence electrons. The molecule has 0 radical (unpaired) electrons. The van der Waals surface area contributed by atoms with Crippen molar-refractivity contribution >= 4 is 29.5 Å². The lowest BCUT2D eigenvalue weighted by Crippen LogP contribution is -2.29. The normalized spacial score (nSPS) is 19.2. The van der Waals surface area contributed by atoms with Crippen LogP contribution in [-0.2, 0) is 0 Å². The molecule has 1 aliphatic rings. The third-order valence-corrected chi connectivity index (χ3v) is 2.96. The Morgan fingerprint density at radius 1 is 1.41 bits per heavy atom. The van der Waals surface area contributed by atoms with Crippen LogP contribution in [0, 0.1) is 0 Å². The van der Waals surface area contributed by atoms with Crippen LogP contribution in [0.2, 0.25) is 0 Å². The lowest BCUT2D eigenvalue weighted by Gasteiger charge is -2.09. The van der Waals surface area contributed by atoms with E-state index in [4.69, 9.17) is 4.42 Å². The minimum absolute atomic E-state index is 0. The van der Waals surface area contributed by atoms with Crippen molar-refractivity contribution in [3.63, 3.8) is 0 Å². The highest BCUT2D eigenvalue weighted by Gasteiger charge is 2.14. The Kier molecular flexibility index (Phi) is 3.86. The van der Waals surface area contributed by atoms with Crippen molar-refractivity contribution in [2.24, 2.45) is 0 Å². The second-order valence-electron chi connectivity index (χ2n) is 4.16. The topological polar surface area (TPSA) is 50.1 Å². The molecule has 2 N–H and O–H groups in total. The van der Waals surface area contributed by atoms with Gasteiger partial charge in [0.05, 0.1) is 0 Å². The SMILES string of the molecule is Cl.c1ccc2oc(NCC3CCCN3)nc2c1. The zero-order valence-electron chi connectivity index (χ0n) is 9.48. The van der Waals surface area contributed by atoms with Crippen molar-refractivity contribution in [2.45, 2.75) is 18.9 Å². The first-order valence-corrected chi connectivity index (χ1v) is 5.75. The predicted molar refractivity (Wildman–Crippen MR) is 70.8 cm³/mol. The second kappa shape index (κ2) is 5.38. The molecule has 0 spiro atoms. The molecule has 1 unspecified atom stereocenters. The van der Waals surface area contributed by atoms with E-state index in [9.17, 15) is 0 Å². The van der Waals surface area contributed by atoms with Crippen LogP contribution in [0.25, 0.3) is 11.1 Å². The average Bonchev–Trinajstić information content (AvgIpc) is 2.95. The maximum absolute atomic E-state index is 5.58. The Labute approximate surface area is 106 Å². The van der Waals surface area contributed by atoms with Crippen molar-refractivity contribution in [3.05, 3.63) is 24.3 Å². The molecule has 1 fully saturated rings. The van der Waals surface area contributed by atoms with Gasteiger partial charge in [0, 0.05) is 12.6 Å². The van der Waals surface area contributed by atoms with Crippen molar-refractivity contribution in [1.29, 1.82) is 0 Å². The molecule has 0 amide bonds. The fraction of sp³-hybridized carbons (Fsp3) is 0.417. The summed E-state index contributed by atoms with van der Waals surface area (Å²) >= 11 is 0. The van der Waals surface area contributed by atoms with Gasteiger partial charge in [-0.2, -0.15) is 4.98 Å². The van der Waals surface area contributed by atoms with E-state index in [1.807, 2.05) is 24.3 Å². The molecule has 2 aromatic rings. The number of hydrogen-bond donors (Lipinski definition) is 2. The van der Waals surface area contributed by atoms with E-state index in [1.165, 1.54) is 12.8 Å². The van der Waals surface area contributed by atoms with Crippen molar-refractivity contribution in [3.8, 4) is 0 Å². The van der Waals surface area contributed by atoms with Crippen LogP contribution in [-0.4, -0.2) is 24.1 Å². The van der Waals surface area contributed by atoms with Crippen LogP contribution < -0.4 is 10.6 Å². The van der Waals surface area contributed by atoms with E-state index in [2.05, 4.69) is 15.6 Å². The number of hydrogen-bond acceptors (Lipinski definition) is 4. The molecule has 0 bridgehead atoms. The summed E-state index contributed by atoms with van der Waals surface area (Å²) in [5.41, 5.74) is 1.74. The number of para-hydroxylation sites is 2. The molecule has 1 saturated heterocycles. The van der Waals surface area contributed by atoms with E-state index in [0.29, 0.717) is 12.1 Å². The first-order chi connectivity index (χ1) is 7.92. The Balaban J connectivity index is 0.00000108. The maximum atomic E-state index is 5.58. The molecule has 1 aromatic heterocycles. The van der Waals surface area contributed by atoms with Gasteiger partial charge in [0.1, 0.15) is 5.52 Å². The highest BCUT2D eigenvalue weighted by molar-refractivity contribution is 5.85. The van der Waals surface area contributed by atoms with Crippen molar-refractivity contribution in [2.75, 3.05) is 18.4 Å². The van der Waals surface area contributed by atoms with Gasteiger partial charge < -0.3 is 15.1 Å². The van der Waals surface area contributed by atoms with E-state index >= 15 is 0 Å². The van der Waals surface area contributed by atoms with Gasteiger partial charge in [0.2, 0.25) is 0 Å². The molecule has 0 aliphatic carbocycles. The Morgan fingerprint density at radius 3 is 3.06 bits per heavy atom. The van der Waals surface area contributed by atoms with Crippen LogP contribution in [0.4, 0.5) is 6.01 Å². The molecule has 5 heteroatoms. The van der Waals surface area contributed by atoms with Gasteiger partial charge in [-0.1, -0.05) is 12.1 Å². The molecule has 3 rings (SSSR count). The number of nitrogens with zero attached hydrogens (tertiary/aromatic N) is 1. The molecule has 0 saturated carbocycles. The molecular weight excluding hydrogens is 238 g/mol. The number of benzene rings is 1. The number of oxazole rings is 1. The standard InChI is InChI=1S/C12H15N3O.ClH/c1-2-6-11-10(5-1)15-12(16-11)14-8-9-4-3-7-13-9;/h1-2,5-6,9,13H,3-4,7-8H2,(H,14,15);1H. The lowest BCUT2D eigenvalue weighted by molar-refractivity contribution is 0.585. The maximum Gasteiger partial charge on any atom is 0.295 e. The van der Waals surface area contributed by atoms with Crippen molar-refractivity contribution in [1.82, 2.24) is 10.3 Å². The van der Waals surface area contributed by atoms with Gasteiger partial charge in [-0.15, -0.1) is 12.4 Å². The number of rotatable bonds is 3. The summed E-state index contributed by atoms with van der Waals surface area (Å²) in [6, 6.07) is 8.98. The van der Waals surface area contributed by atoms with Crippen LogP contribution in [0.3, 0.4) is 0 Å². The first-order valence-electron chi connectivity index (χ1n) is 5.75. The third-order valence-electron chi connectivity index (χ3n) is 2.96. The van der Waals surface area contributed by atoms with E-state index in [-0.39, 0.29) is 12.4 Å². The Morgan fingerprint density at radius 2 is 2.29 bits per heavy atom. The summed E-state index contributed by atoms with van der Waals surface area (Å²) in [5.74, 6) is 0. The highest BCUT2D eigenvalue weighted by atomic mass is 35.5. The number of aromatic nitrogens is 1. The van der Waals surface area contributed by atoms with E-state index in [0.717, 1.165) is 24.2 Å². The Hall–Kier alpha value is -1.26. The zero-order valence-corrected chi connectivity index (χ0v) is 10.3. The number of anilines is 1. The molecule has 1 atom stereocenters. The molecule has 1 aliphatic heterocycles. The average molecular weight is 254 g/mol. The number of fused-ring (bicyclic) bond motifs is 1. The van der Waals surface area contributed by atoms with Gasteiger partial charge in [-0.25, -0.2) is 0 Å². The van der Waals surface area contributed by atoms with Crippen molar-refractivity contribution < 1.29 is 4.42 Å². The fourth-order valence-corrected chi connectivity index (χ4v) is 2.09. The highest BCUT2D eigenvalue weighted by Crippen LogP contribution is 2.18. The van der Waals surface area contributed by atoms with Gasteiger partial charge in [-0.3, -0.25) is 0 Å². The minimum atomic E-state index is 0. The fourth-order valence-electron chi connectivity index (χ4n) is 2.09. The van der Waals surface area contributed by atoms with Crippen LogP contribution >= 0.6 is 12.4 Å². The first kappa shape index (κ1) is 12.2. The summed E-state index contributed by atoms with van der Waals surface area (Å²) in [5, 5.41) is 6.66. The third kappa shape index (κ3) is 2.70. The number of halogens is 1. The quantitative estimate of drug-likeness (QED) is 0.882. The molecule has 4 nitrogen and oxygen atoms in total. The van der Waals surface area contributed by atoms with Gasteiger partial charge >= 0.3 is 0 Å². The summed E-state index contributed by atoms with van der Waals surface area (Å²) in [6.07, 6.45) is 2.49. The summed E-state index contributed by atoms with van der Waals surface area (Å²) in [4.78, 5) is 4.37. The monoisotopic (exact) mass is 253 g/mol. The summed E-state index contributed by atoms with van der Waals surface area (Å²) in [7, 11) is 0. The largest absolute Gasteiger partial charge is 0.424 e. The molecule has 17 heavy (non-hydrogen) atoms. The molecular formula is C12H16ClN3O. The molecule has 1 aromatic carbocycles. The van der Waals surface area contributed by atoms with E-state index in [1.54, 1.807) is 0 Å². The van der Waals surface area contributed by atoms with Crippen LogP contribution in [0.1, 0.15) is 12.8 Å². The lowest BCUT2D eigenvalue weighted by atomic mass is 10.2. The summed E-state index contributed by atoms with van der Waals surface area (Å²) in [6.45, 7) is 2.01. The Bertz CT molecular complexity index is 446. The van der Waals surface area contributed by atoms with E-state index < -0.39 is 0 Å². The molecule has 2 heterocycles. The van der Waals surface area contributed by atoms with Crippen LogP contribution in [0.15, 0.2) is 28.7 Å².